The molecule has 0 heterocycles. The van der Waals surface area contributed by atoms with E-state index in [-0.39, 0.29) is 109 Å². The molecule has 4 nitrogen and oxygen atoms in total. The molecular formula is C14H16K2O4S-2. The summed E-state index contributed by atoms with van der Waals surface area (Å²) in [4.78, 5) is 10.0. The van der Waals surface area contributed by atoms with Gasteiger partial charge in [0.15, 0.2) is 0 Å². The van der Waals surface area contributed by atoms with Crippen LogP contribution in [0.4, 0.5) is 0 Å². The zero-order valence-electron chi connectivity index (χ0n) is 12.9. The molecule has 7 heteroatoms. The molecule has 0 unspecified atom stereocenters. The van der Waals surface area contributed by atoms with Gasteiger partial charge in [-0.05, 0) is 12.0 Å². The van der Waals surface area contributed by atoms with Gasteiger partial charge >= 0.3 is 103 Å². The van der Waals surface area contributed by atoms with E-state index in [1.54, 1.807) is 38.7 Å². The predicted octanol–water partition coefficient (Wildman–Crippen LogP) is -4.17. The minimum atomic E-state index is 0. The number of carbonyl (C=O) groups excluding carboxylic acids is 1. The molecule has 0 bridgehead atoms. The van der Waals surface area contributed by atoms with Crippen molar-refractivity contribution in [2.75, 3.05) is 20.8 Å². The van der Waals surface area contributed by atoms with Crippen molar-refractivity contribution in [1.29, 1.82) is 0 Å². The molecule has 21 heavy (non-hydrogen) atoms. The predicted molar refractivity (Wildman–Crippen MR) is 78.3 cm³/mol. The Balaban J connectivity index is -0.000000184. The third-order valence-corrected chi connectivity index (χ3v) is 1.69. The van der Waals surface area contributed by atoms with Crippen LogP contribution < -0.4 is 112 Å². The van der Waals surface area contributed by atoms with E-state index in [1.807, 2.05) is 0 Å². The van der Waals surface area contributed by atoms with E-state index < -0.39 is 0 Å². The van der Waals surface area contributed by atoms with Gasteiger partial charge in [-0.3, -0.25) is 6.08 Å². The Kier molecular flexibility index (Phi) is 34.5. The quantitative estimate of drug-likeness (QED) is 0.256. The number of hydrogen-bond donors (Lipinski definition) is 1. The van der Waals surface area contributed by atoms with E-state index in [4.69, 9.17) is 14.6 Å². The van der Waals surface area contributed by atoms with Crippen LogP contribution >= 0.6 is 12.2 Å². The van der Waals surface area contributed by atoms with Crippen molar-refractivity contribution in [3.05, 3.63) is 42.8 Å². The smallest absolute Gasteiger partial charge is 0.582 e. The van der Waals surface area contributed by atoms with Crippen molar-refractivity contribution in [3.8, 4) is 11.5 Å². The maximum Gasteiger partial charge on any atom is 1.00 e. The second kappa shape index (κ2) is 23.8. The summed E-state index contributed by atoms with van der Waals surface area (Å²) in [6.45, 7) is 3.04. The van der Waals surface area contributed by atoms with Crippen LogP contribution in [0.5, 0.6) is 11.5 Å². The van der Waals surface area contributed by atoms with Crippen LogP contribution in [0.25, 0.3) is 0 Å². The van der Waals surface area contributed by atoms with Gasteiger partial charge in [-0.15, -0.1) is 6.07 Å². The Morgan fingerprint density at radius 3 is 2.24 bits per heavy atom. The fourth-order valence-electron chi connectivity index (χ4n) is 1.03. The van der Waals surface area contributed by atoms with Gasteiger partial charge in [0.25, 0.3) is 0 Å². The van der Waals surface area contributed by atoms with Crippen molar-refractivity contribution >= 4 is 24.4 Å². The van der Waals surface area contributed by atoms with E-state index in [9.17, 15) is 4.79 Å². The number of hydrogen-bond acceptors (Lipinski definition) is 5. The molecule has 0 fully saturated rings. The molecule has 0 aliphatic heterocycles. The van der Waals surface area contributed by atoms with Gasteiger partial charge in [-0.25, -0.2) is 11.6 Å². The second-order valence-corrected chi connectivity index (χ2v) is 2.70. The number of thiocarbonyl (C=S) groups is 1. The van der Waals surface area contributed by atoms with Crippen molar-refractivity contribution in [3.63, 3.8) is 0 Å². The largest absolute Gasteiger partial charge is 1.00 e. The number of allylic oxidation sites excluding steroid dienone is 1. The maximum absolute atomic E-state index is 10.0. The first-order valence-electron chi connectivity index (χ1n) is 5.05. The first-order chi connectivity index (χ1) is 9.23. The first kappa shape index (κ1) is 30.4. The zero-order chi connectivity index (χ0) is 15.1. The standard InChI is InChI=1S/C11H10O3.C2H5O.CHS.2K/c1-13-10-5-6-11(14-2)9(8-10)4-3-7-12;1-2-3;1-2;;/h3,5-6,8H,1-2H3;3H,1-2H2;1H;;/q-2;2*-1;2*+1. The van der Waals surface area contributed by atoms with Crippen LogP contribution in [0.3, 0.4) is 0 Å². The van der Waals surface area contributed by atoms with E-state index in [1.165, 1.54) is 0 Å². The molecule has 0 atom stereocenters. The number of aliphatic hydroxyl groups excluding tert-OH is 1. The average Bonchev–Trinajstić information content (AvgIpc) is 2.47. The Morgan fingerprint density at radius 2 is 1.86 bits per heavy atom. The van der Waals surface area contributed by atoms with Gasteiger partial charge in [-0.1, -0.05) is 12.7 Å². The molecular weight excluding hydrogens is 342 g/mol. The zero-order valence-corrected chi connectivity index (χ0v) is 19.9. The van der Waals surface area contributed by atoms with Crippen LogP contribution in [0.1, 0.15) is 5.56 Å². The van der Waals surface area contributed by atoms with Gasteiger partial charge in [-0.2, -0.15) is 6.07 Å². The third-order valence-electron chi connectivity index (χ3n) is 1.69. The summed E-state index contributed by atoms with van der Waals surface area (Å²) in [5, 5.41) is 7.46. The topological polar surface area (TPSA) is 55.8 Å². The van der Waals surface area contributed by atoms with Crippen molar-refractivity contribution in [2.45, 2.75) is 0 Å². The summed E-state index contributed by atoms with van der Waals surface area (Å²) in [6, 6.07) is 5.25. The maximum atomic E-state index is 10.0. The molecule has 0 spiro atoms. The van der Waals surface area contributed by atoms with E-state index in [0.717, 1.165) is 6.08 Å². The van der Waals surface area contributed by atoms with Crippen LogP contribution in [-0.4, -0.2) is 38.1 Å². The van der Waals surface area contributed by atoms with Crippen molar-refractivity contribution in [2.24, 2.45) is 0 Å². The molecule has 1 N–H and O–H groups in total. The van der Waals surface area contributed by atoms with E-state index in [0.29, 0.717) is 17.1 Å². The van der Waals surface area contributed by atoms with Gasteiger partial charge < -0.3 is 44.4 Å². The summed E-state index contributed by atoms with van der Waals surface area (Å²) in [5.41, 5.74) is 0.662. The van der Waals surface area contributed by atoms with Gasteiger partial charge in [0, 0.05) is 5.75 Å². The molecule has 0 saturated heterocycles. The fourth-order valence-corrected chi connectivity index (χ4v) is 1.03. The SMILES string of the molecule is COc1ccc(OC)c([C-]=C[C-]=O)c1.[CH-]=S.[CH2-]CO.[K+].[K+]. The van der Waals surface area contributed by atoms with Gasteiger partial charge in [0.1, 0.15) is 0 Å². The van der Waals surface area contributed by atoms with Gasteiger partial charge in [0.2, 0.25) is 0 Å². The molecule has 1 rings (SSSR count). The van der Waals surface area contributed by atoms with Crippen LogP contribution in [0.15, 0.2) is 24.3 Å². The molecule has 1 aromatic carbocycles. The molecule has 0 saturated carbocycles. The molecule has 0 aromatic heterocycles. The molecule has 0 aliphatic carbocycles. The summed E-state index contributed by atoms with van der Waals surface area (Å²) in [5.74, 6) is 5.41. The molecule has 0 amide bonds. The van der Waals surface area contributed by atoms with E-state index in [2.05, 4.69) is 31.1 Å². The molecule has 0 aliphatic rings. The Bertz CT molecular complexity index is 387. The summed E-state index contributed by atoms with van der Waals surface area (Å²) in [6.07, 6.45) is 5.52. The average molecular weight is 359 g/mol. The minimum absolute atomic E-state index is 0. The number of rotatable bonds is 4. The normalized spacial score (nSPS) is 7.81. The third kappa shape index (κ3) is 16.2. The number of methoxy groups -OCH3 is 2. The second-order valence-electron chi connectivity index (χ2n) is 2.70. The molecule has 0 radical (unpaired) electrons. The molecule has 106 valence electrons. The summed E-state index contributed by atoms with van der Waals surface area (Å²) < 4.78 is 10.1. The van der Waals surface area contributed by atoms with Crippen molar-refractivity contribution in [1.82, 2.24) is 0 Å². The monoisotopic (exact) mass is 358 g/mol. The Labute approximate surface area is 217 Å². The van der Waals surface area contributed by atoms with Crippen LogP contribution in [-0.2, 0) is 4.79 Å². The summed E-state index contributed by atoms with van der Waals surface area (Å²) >= 11 is 3.58. The minimum Gasteiger partial charge on any atom is -0.582 e. The van der Waals surface area contributed by atoms with Gasteiger partial charge in [0.05, 0.1) is 14.2 Å². The first-order valence-corrected chi connectivity index (χ1v) is 5.52. The number of benzene rings is 1. The van der Waals surface area contributed by atoms with E-state index >= 15 is 0 Å². The fraction of sp³-hybridized carbons (Fsp3) is 0.214. The summed E-state index contributed by atoms with van der Waals surface area (Å²) in [7, 11) is 3.12. The number of aliphatic hydroxyl groups is 1. The Morgan fingerprint density at radius 1 is 1.33 bits per heavy atom. The number of ether oxygens (including phenoxy) is 2. The molecule has 1 aromatic rings. The Hall–Kier alpha value is 1.55. The van der Waals surface area contributed by atoms with Crippen LogP contribution in [0, 0.1) is 13.0 Å². The van der Waals surface area contributed by atoms with Crippen molar-refractivity contribution < 1.29 is 122 Å². The van der Waals surface area contributed by atoms with Crippen LogP contribution in [0.2, 0.25) is 0 Å².